The second-order valence-corrected chi connectivity index (χ2v) is 6.62. The van der Waals surface area contributed by atoms with E-state index in [1.54, 1.807) is 0 Å². The van der Waals surface area contributed by atoms with Crippen molar-refractivity contribution < 1.29 is 23.9 Å². The number of benzene rings is 1. The maximum atomic E-state index is 11.6. The second-order valence-electron chi connectivity index (χ2n) is 6.62. The van der Waals surface area contributed by atoms with Crippen molar-refractivity contribution in [2.45, 2.75) is 38.8 Å². The molecular formula is C20H28N2O5. The molecule has 0 heterocycles. The van der Waals surface area contributed by atoms with Crippen molar-refractivity contribution in [3.8, 4) is 0 Å². The summed E-state index contributed by atoms with van der Waals surface area (Å²) in [6.07, 6.45) is 3.38. The third kappa shape index (κ3) is 10.7. The lowest BCUT2D eigenvalue weighted by molar-refractivity contribution is -0.108. The number of alkyl carbamates (subject to hydrolysis) is 1. The van der Waals surface area contributed by atoms with E-state index in [0.29, 0.717) is 19.3 Å². The van der Waals surface area contributed by atoms with Crippen LogP contribution in [0.3, 0.4) is 0 Å². The molecule has 0 aliphatic rings. The lowest BCUT2D eigenvalue weighted by atomic mass is 10.2. The fraction of sp³-hybridized carbons (Fsp3) is 0.400. The Balaban J connectivity index is 2.64. The van der Waals surface area contributed by atoms with Crippen LogP contribution in [-0.2, 0) is 25.5 Å². The molecule has 7 nitrogen and oxygen atoms in total. The number of carbonyl (C=O) groups excluding carboxylic acids is 2. The number of hydrogen-bond donors (Lipinski definition) is 2. The van der Waals surface area contributed by atoms with Gasteiger partial charge in [0.15, 0.2) is 0 Å². The molecule has 0 bridgehead atoms. The lowest BCUT2D eigenvalue weighted by Crippen LogP contribution is -2.37. The number of rotatable bonds is 11. The van der Waals surface area contributed by atoms with Crippen molar-refractivity contribution in [1.29, 1.82) is 0 Å². The topological polar surface area (TPSA) is 85.9 Å². The molecule has 1 rings (SSSR count). The van der Waals surface area contributed by atoms with E-state index in [2.05, 4.69) is 17.4 Å². The van der Waals surface area contributed by atoms with Crippen LogP contribution in [0.1, 0.15) is 26.3 Å². The Kier molecular flexibility index (Phi) is 9.68. The van der Waals surface area contributed by atoms with Gasteiger partial charge in [-0.15, -0.1) is 0 Å². The molecule has 1 aromatic rings. The SMILES string of the molecule is C=CCOC(=O)NC(C=O)C=C(NOCCc1ccccc1)OC(C)(C)C. The van der Waals surface area contributed by atoms with E-state index in [1.807, 2.05) is 51.1 Å². The van der Waals surface area contributed by atoms with Crippen LogP contribution in [0.4, 0.5) is 4.79 Å². The Morgan fingerprint density at radius 3 is 2.56 bits per heavy atom. The van der Waals surface area contributed by atoms with Gasteiger partial charge in [0.1, 0.15) is 24.5 Å². The lowest BCUT2D eigenvalue weighted by Gasteiger charge is -2.24. The molecule has 148 valence electrons. The quantitative estimate of drug-likeness (QED) is 0.203. The zero-order valence-corrected chi connectivity index (χ0v) is 16.1. The first kappa shape index (κ1) is 22.2. The first-order chi connectivity index (χ1) is 12.8. The summed E-state index contributed by atoms with van der Waals surface area (Å²) in [7, 11) is 0. The zero-order chi connectivity index (χ0) is 20.1. The molecule has 0 fully saturated rings. The largest absolute Gasteiger partial charge is 0.472 e. The predicted molar refractivity (Wildman–Crippen MR) is 103 cm³/mol. The molecule has 0 radical (unpaired) electrons. The third-order valence-electron chi connectivity index (χ3n) is 3.02. The molecule has 1 aromatic carbocycles. The summed E-state index contributed by atoms with van der Waals surface area (Å²) in [5.41, 5.74) is 3.31. The van der Waals surface area contributed by atoms with Crippen molar-refractivity contribution in [2.75, 3.05) is 13.2 Å². The number of hydroxylamine groups is 1. The van der Waals surface area contributed by atoms with Crippen LogP contribution in [0.2, 0.25) is 0 Å². The summed E-state index contributed by atoms with van der Waals surface area (Å²) in [5.74, 6) is 0.219. The number of carbonyl (C=O) groups is 2. The number of amides is 1. The van der Waals surface area contributed by atoms with Crippen LogP contribution in [0, 0.1) is 0 Å². The van der Waals surface area contributed by atoms with E-state index in [4.69, 9.17) is 14.3 Å². The minimum Gasteiger partial charge on any atom is -0.472 e. The van der Waals surface area contributed by atoms with E-state index in [9.17, 15) is 9.59 Å². The molecular weight excluding hydrogens is 348 g/mol. The average molecular weight is 376 g/mol. The average Bonchev–Trinajstić information content (AvgIpc) is 2.62. The Hall–Kier alpha value is -2.80. The van der Waals surface area contributed by atoms with Gasteiger partial charge >= 0.3 is 6.09 Å². The molecule has 0 aliphatic carbocycles. The van der Waals surface area contributed by atoms with Gasteiger partial charge in [-0.1, -0.05) is 43.0 Å². The van der Waals surface area contributed by atoms with Crippen LogP contribution in [0.15, 0.2) is 54.9 Å². The normalized spacial score (nSPS) is 12.6. The highest BCUT2D eigenvalue weighted by atomic mass is 16.7. The maximum absolute atomic E-state index is 11.6. The zero-order valence-electron chi connectivity index (χ0n) is 16.1. The van der Waals surface area contributed by atoms with E-state index in [-0.39, 0.29) is 12.5 Å². The van der Waals surface area contributed by atoms with E-state index in [1.165, 1.54) is 12.2 Å². The van der Waals surface area contributed by atoms with Gasteiger partial charge in [0, 0.05) is 6.08 Å². The summed E-state index contributed by atoms with van der Waals surface area (Å²) in [6, 6.07) is 8.95. The molecule has 0 spiro atoms. The fourth-order valence-corrected chi connectivity index (χ4v) is 1.94. The molecule has 7 heteroatoms. The minimum atomic E-state index is -0.940. The van der Waals surface area contributed by atoms with Crippen molar-refractivity contribution >= 4 is 12.4 Å². The highest BCUT2D eigenvalue weighted by Gasteiger charge is 2.17. The molecule has 0 saturated carbocycles. The molecule has 1 amide bonds. The van der Waals surface area contributed by atoms with Gasteiger partial charge in [0.05, 0.1) is 6.61 Å². The van der Waals surface area contributed by atoms with E-state index < -0.39 is 17.7 Å². The molecule has 0 aliphatic heterocycles. The standard InChI is InChI=1S/C20H28N2O5/c1-5-12-25-19(24)21-17(15-23)14-18(27-20(2,3)4)22-26-13-11-16-9-7-6-8-10-16/h5-10,14-15,17,22H,1,11-13H2,2-4H3,(H,21,24). The highest BCUT2D eigenvalue weighted by Crippen LogP contribution is 2.12. The summed E-state index contributed by atoms with van der Waals surface area (Å²) in [6.45, 7) is 9.46. The van der Waals surface area contributed by atoms with Crippen LogP contribution >= 0.6 is 0 Å². The molecule has 1 unspecified atom stereocenters. The van der Waals surface area contributed by atoms with Gasteiger partial charge in [-0.25, -0.2) is 10.3 Å². The fourth-order valence-electron chi connectivity index (χ4n) is 1.94. The Labute approximate surface area is 160 Å². The van der Waals surface area contributed by atoms with Crippen molar-refractivity contribution in [2.24, 2.45) is 0 Å². The number of ether oxygens (including phenoxy) is 2. The number of hydrogen-bond acceptors (Lipinski definition) is 6. The van der Waals surface area contributed by atoms with Crippen LogP contribution < -0.4 is 10.8 Å². The smallest absolute Gasteiger partial charge is 0.408 e. The van der Waals surface area contributed by atoms with Crippen molar-refractivity contribution in [3.05, 3.63) is 60.5 Å². The van der Waals surface area contributed by atoms with Gasteiger partial charge in [-0.3, -0.25) is 4.84 Å². The third-order valence-corrected chi connectivity index (χ3v) is 3.02. The van der Waals surface area contributed by atoms with Crippen molar-refractivity contribution in [3.63, 3.8) is 0 Å². The molecule has 0 aromatic heterocycles. The predicted octanol–water partition coefficient (Wildman–Crippen LogP) is 2.89. The van der Waals surface area contributed by atoms with E-state index >= 15 is 0 Å². The maximum Gasteiger partial charge on any atom is 0.408 e. The monoisotopic (exact) mass is 376 g/mol. The van der Waals surface area contributed by atoms with Crippen molar-refractivity contribution in [1.82, 2.24) is 10.8 Å². The molecule has 27 heavy (non-hydrogen) atoms. The summed E-state index contributed by atoms with van der Waals surface area (Å²) in [5, 5.41) is 2.41. The van der Waals surface area contributed by atoms with Gasteiger partial charge in [0.2, 0.25) is 5.88 Å². The number of aldehydes is 1. The van der Waals surface area contributed by atoms with Gasteiger partial charge in [-0.05, 0) is 32.8 Å². The molecule has 0 saturated heterocycles. The van der Waals surface area contributed by atoms with Crippen LogP contribution in [0.5, 0.6) is 0 Å². The second kappa shape index (κ2) is 11.7. The summed E-state index contributed by atoms with van der Waals surface area (Å²) < 4.78 is 10.5. The first-order valence-electron chi connectivity index (χ1n) is 8.66. The Morgan fingerprint density at radius 2 is 1.96 bits per heavy atom. The highest BCUT2D eigenvalue weighted by molar-refractivity contribution is 5.74. The molecule has 1 atom stereocenters. The van der Waals surface area contributed by atoms with E-state index in [0.717, 1.165) is 5.56 Å². The van der Waals surface area contributed by atoms with Gasteiger partial charge in [0.25, 0.3) is 0 Å². The van der Waals surface area contributed by atoms with Crippen LogP contribution in [-0.4, -0.2) is 37.2 Å². The molecule has 2 N–H and O–H groups in total. The van der Waals surface area contributed by atoms with Crippen LogP contribution in [0.25, 0.3) is 0 Å². The summed E-state index contributed by atoms with van der Waals surface area (Å²) in [4.78, 5) is 28.3. The Morgan fingerprint density at radius 1 is 1.26 bits per heavy atom. The Bertz CT molecular complexity index is 623. The summed E-state index contributed by atoms with van der Waals surface area (Å²) >= 11 is 0. The number of nitrogens with one attached hydrogen (secondary N) is 2. The van der Waals surface area contributed by atoms with Gasteiger partial charge in [-0.2, -0.15) is 0 Å². The first-order valence-corrected chi connectivity index (χ1v) is 8.66. The van der Waals surface area contributed by atoms with Gasteiger partial charge < -0.3 is 19.6 Å². The minimum absolute atomic E-state index is 0.0489.